The fraction of sp³-hybridized carbons (Fsp3) is 0.455. The topological polar surface area (TPSA) is 38.0 Å². The highest BCUT2D eigenvalue weighted by Gasteiger charge is 2.45. The number of hydrogen-bond donors (Lipinski definition) is 2. The molecule has 1 aliphatic carbocycles. The molecule has 0 spiro atoms. The van der Waals surface area contributed by atoms with Gasteiger partial charge in [0, 0.05) is 5.54 Å². The Morgan fingerprint density at radius 1 is 1.50 bits per heavy atom. The Balaban J connectivity index is 2.27. The van der Waals surface area contributed by atoms with E-state index in [0.717, 1.165) is 18.4 Å². The van der Waals surface area contributed by atoms with Crippen LogP contribution in [-0.4, -0.2) is 12.6 Å². The molecule has 2 nitrogen and oxygen atoms in total. The van der Waals surface area contributed by atoms with Crippen LogP contribution in [0.3, 0.4) is 0 Å². The van der Waals surface area contributed by atoms with Crippen molar-refractivity contribution in [1.82, 2.24) is 5.32 Å². The van der Waals surface area contributed by atoms with Crippen LogP contribution in [0.15, 0.2) is 24.3 Å². The molecule has 1 unspecified atom stereocenters. The lowest BCUT2D eigenvalue weighted by molar-refractivity contribution is 0.459. The van der Waals surface area contributed by atoms with Crippen molar-refractivity contribution >= 4 is 0 Å². The third-order valence-corrected chi connectivity index (χ3v) is 2.87. The third-order valence-electron chi connectivity index (χ3n) is 2.87. The molecule has 76 valence electrons. The molecule has 0 heterocycles. The van der Waals surface area contributed by atoms with Crippen molar-refractivity contribution in [2.45, 2.75) is 24.4 Å². The van der Waals surface area contributed by atoms with Crippen LogP contribution < -0.4 is 11.1 Å². The van der Waals surface area contributed by atoms with E-state index < -0.39 is 0 Å². The predicted molar refractivity (Wildman–Crippen MR) is 54.4 cm³/mol. The summed E-state index contributed by atoms with van der Waals surface area (Å²) in [6, 6.07) is 6.71. The summed E-state index contributed by atoms with van der Waals surface area (Å²) in [4.78, 5) is 0. The van der Waals surface area contributed by atoms with Crippen molar-refractivity contribution in [1.29, 1.82) is 0 Å². The molecule has 1 atom stereocenters. The van der Waals surface area contributed by atoms with Crippen LogP contribution in [0.2, 0.25) is 0 Å². The largest absolute Gasteiger partial charge is 0.323 e. The maximum atomic E-state index is 13.0. The van der Waals surface area contributed by atoms with Gasteiger partial charge in [0.25, 0.3) is 0 Å². The molecule has 2 rings (SSSR count). The Morgan fingerprint density at radius 2 is 2.21 bits per heavy atom. The molecule has 1 aromatic carbocycles. The number of benzene rings is 1. The molecule has 0 amide bonds. The first-order valence-corrected chi connectivity index (χ1v) is 4.87. The first kappa shape index (κ1) is 9.62. The van der Waals surface area contributed by atoms with E-state index >= 15 is 0 Å². The Bertz CT molecular complexity index is 334. The summed E-state index contributed by atoms with van der Waals surface area (Å²) < 4.78 is 13.0. The van der Waals surface area contributed by atoms with Crippen LogP contribution in [-0.2, 0) is 0 Å². The van der Waals surface area contributed by atoms with E-state index in [1.165, 1.54) is 6.07 Å². The minimum absolute atomic E-state index is 0.0678. The summed E-state index contributed by atoms with van der Waals surface area (Å²) in [5, 5.41) is 3.16. The van der Waals surface area contributed by atoms with E-state index in [-0.39, 0.29) is 17.4 Å². The second-order valence-electron chi connectivity index (χ2n) is 4.01. The maximum Gasteiger partial charge on any atom is 0.123 e. The fourth-order valence-corrected chi connectivity index (χ4v) is 1.91. The normalized spacial score (nSPS) is 20.5. The molecule has 0 saturated heterocycles. The standard InChI is InChI=1S/C11H15FN2/c1-14-10(11(13)5-6-11)8-3-2-4-9(12)7-8/h2-4,7,10,14H,5-6,13H2,1H3. The molecule has 0 bridgehead atoms. The quantitative estimate of drug-likeness (QED) is 0.766. The van der Waals surface area contributed by atoms with Crippen molar-refractivity contribution in [3.63, 3.8) is 0 Å². The van der Waals surface area contributed by atoms with Crippen molar-refractivity contribution in [2.24, 2.45) is 5.73 Å². The Hall–Kier alpha value is -0.930. The third kappa shape index (κ3) is 1.65. The van der Waals surface area contributed by atoms with Gasteiger partial charge in [-0.15, -0.1) is 0 Å². The number of likely N-dealkylation sites (N-methyl/N-ethyl adjacent to an activating group) is 1. The molecular weight excluding hydrogens is 179 g/mol. The maximum absolute atomic E-state index is 13.0. The highest BCUT2D eigenvalue weighted by molar-refractivity contribution is 5.27. The average molecular weight is 194 g/mol. The van der Waals surface area contributed by atoms with Crippen molar-refractivity contribution in [3.8, 4) is 0 Å². The molecule has 3 N–H and O–H groups in total. The lowest BCUT2D eigenvalue weighted by Crippen LogP contribution is -2.38. The molecule has 0 aromatic heterocycles. The second kappa shape index (κ2) is 3.33. The molecule has 14 heavy (non-hydrogen) atoms. The van der Waals surface area contributed by atoms with Gasteiger partial charge in [0.1, 0.15) is 5.82 Å². The van der Waals surface area contributed by atoms with Gasteiger partial charge in [-0.1, -0.05) is 12.1 Å². The van der Waals surface area contributed by atoms with Crippen LogP contribution >= 0.6 is 0 Å². The number of rotatable bonds is 3. The minimum atomic E-state index is -0.202. The molecule has 0 radical (unpaired) electrons. The first-order chi connectivity index (χ1) is 6.65. The Morgan fingerprint density at radius 3 is 2.71 bits per heavy atom. The zero-order valence-corrected chi connectivity index (χ0v) is 8.26. The van der Waals surface area contributed by atoms with Gasteiger partial charge in [-0.25, -0.2) is 4.39 Å². The number of nitrogens with one attached hydrogen (secondary N) is 1. The highest BCUT2D eigenvalue weighted by Crippen LogP contribution is 2.43. The molecule has 1 aliphatic rings. The highest BCUT2D eigenvalue weighted by atomic mass is 19.1. The van der Waals surface area contributed by atoms with Gasteiger partial charge in [-0.05, 0) is 37.6 Å². The number of hydrogen-bond acceptors (Lipinski definition) is 2. The molecular formula is C11H15FN2. The minimum Gasteiger partial charge on any atom is -0.323 e. The number of halogens is 1. The number of nitrogens with two attached hydrogens (primary N) is 1. The zero-order valence-electron chi connectivity index (χ0n) is 8.26. The van der Waals surface area contributed by atoms with E-state index in [0.29, 0.717) is 0 Å². The van der Waals surface area contributed by atoms with Gasteiger partial charge in [0.05, 0.1) is 6.04 Å². The SMILES string of the molecule is CNC(c1cccc(F)c1)C1(N)CC1. The van der Waals surface area contributed by atoms with E-state index in [4.69, 9.17) is 5.73 Å². The van der Waals surface area contributed by atoms with Crippen LogP contribution in [0.5, 0.6) is 0 Å². The van der Waals surface area contributed by atoms with E-state index in [1.54, 1.807) is 12.1 Å². The molecule has 1 aromatic rings. The Kier molecular flexibility index (Phi) is 2.29. The van der Waals surface area contributed by atoms with Gasteiger partial charge < -0.3 is 11.1 Å². The van der Waals surface area contributed by atoms with Gasteiger partial charge in [0.15, 0.2) is 0 Å². The summed E-state index contributed by atoms with van der Waals surface area (Å²) in [5.74, 6) is -0.202. The first-order valence-electron chi connectivity index (χ1n) is 4.87. The van der Waals surface area contributed by atoms with Gasteiger partial charge in [-0.3, -0.25) is 0 Å². The predicted octanol–water partition coefficient (Wildman–Crippen LogP) is 1.58. The summed E-state index contributed by atoms with van der Waals surface area (Å²) >= 11 is 0. The van der Waals surface area contributed by atoms with Crippen LogP contribution in [0.4, 0.5) is 4.39 Å². The molecule has 1 saturated carbocycles. The monoisotopic (exact) mass is 194 g/mol. The van der Waals surface area contributed by atoms with Crippen molar-refractivity contribution in [2.75, 3.05) is 7.05 Å². The molecule has 0 aliphatic heterocycles. The van der Waals surface area contributed by atoms with E-state index in [1.807, 2.05) is 13.1 Å². The smallest absolute Gasteiger partial charge is 0.123 e. The summed E-state index contributed by atoms with van der Waals surface area (Å²) in [6.45, 7) is 0. The molecule has 3 heteroatoms. The van der Waals surface area contributed by atoms with Crippen LogP contribution in [0.1, 0.15) is 24.4 Å². The average Bonchev–Trinajstić information content (AvgIpc) is 2.85. The Labute approximate surface area is 83.3 Å². The summed E-state index contributed by atoms with van der Waals surface area (Å²) in [5.41, 5.74) is 6.87. The molecule has 1 fully saturated rings. The lowest BCUT2D eigenvalue weighted by Gasteiger charge is -2.23. The van der Waals surface area contributed by atoms with Gasteiger partial charge in [0.2, 0.25) is 0 Å². The summed E-state index contributed by atoms with van der Waals surface area (Å²) in [6.07, 6.45) is 2.02. The van der Waals surface area contributed by atoms with Crippen LogP contribution in [0, 0.1) is 5.82 Å². The zero-order chi connectivity index (χ0) is 10.2. The van der Waals surface area contributed by atoms with Crippen molar-refractivity contribution in [3.05, 3.63) is 35.6 Å². The van der Waals surface area contributed by atoms with E-state index in [9.17, 15) is 4.39 Å². The summed E-state index contributed by atoms with van der Waals surface area (Å²) in [7, 11) is 1.86. The lowest BCUT2D eigenvalue weighted by atomic mass is 9.98. The second-order valence-corrected chi connectivity index (χ2v) is 4.01. The fourth-order valence-electron chi connectivity index (χ4n) is 1.91. The van der Waals surface area contributed by atoms with Crippen molar-refractivity contribution < 1.29 is 4.39 Å². The van der Waals surface area contributed by atoms with Crippen LogP contribution in [0.25, 0.3) is 0 Å². The van der Waals surface area contributed by atoms with Gasteiger partial charge >= 0.3 is 0 Å². The van der Waals surface area contributed by atoms with E-state index in [2.05, 4.69) is 5.32 Å². The van der Waals surface area contributed by atoms with Gasteiger partial charge in [-0.2, -0.15) is 0 Å².